The van der Waals surface area contributed by atoms with E-state index in [4.69, 9.17) is 5.73 Å². The molecule has 1 aromatic carbocycles. The number of amides is 3. The van der Waals surface area contributed by atoms with Gasteiger partial charge in [0, 0.05) is 16.8 Å². The molecule has 6 nitrogen and oxygen atoms in total. The molecule has 1 unspecified atom stereocenters. The maximum absolute atomic E-state index is 13.7. The highest BCUT2D eigenvalue weighted by Gasteiger charge is 2.36. The van der Waals surface area contributed by atoms with Crippen LogP contribution in [-0.2, 0) is 9.59 Å². The van der Waals surface area contributed by atoms with E-state index < -0.39 is 29.6 Å². The maximum Gasteiger partial charge on any atom is 0.255 e. The van der Waals surface area contributed by atoms with Gasteiger partial charge in [0.1, 0.15) is 18.4 Å². The Labute approximate surface area is 121 Å². The molecule has 0 radical (unpaired) electrons. The van der Waals surface area contributed by atoms with Crippen molar-refractivity contribution in [1.29, 1.82) is 0 Å². The predicted octanol–water partition coefficient (Wildman–Crippen LogP) is 0.594. The molecule has 3 N–H and O–H groups in total. The summed E-state index contributed by atoms with van der Waals surface area (Å²) in [5, 5.41) is 2.18. The van der Waals surface area contributed by atoms with Gasteiger partial charge in [0.2, 0.25) is 11.8 Å². The number of nitrogens with zero attached hydrogens (tertiary/aromatic N) is 1. The number of benzene rings is 1. The van der Waals surface area contributed by atoms with Crippen molar-refractivity contribution in [2.45, 2.75) is 26.3 Å². The highest BCUT2D eigenvalue weighted by Crippen LogP contribution is 2.21. The molecule has 112 valence electrons. The summed E-state index contributed by atoms with van der Waals surface area (Å²) in [7, 11) is 0. The number of nitrogens with one attached hydrogen (secondary N) is 1. The summed E-state index contributed by atoms with van der Waals surface area (Å²) in [6.07, 6.45) is 0.356. The smallest absolute Gasteiger partial charge is 0.255 e. The maximum atomic E-state index is 13.7. The Morgan fingerprint density at radius 1 is 1.48 bits per heavy atom. The second-order valence-electron chi connectivity index (χ2n) is 4.94. The van der Waals surface area contributed by atoms with Crippen LogP contribution in [0.2, 0.25) is 0 Å². The van der Waals surface area contributed by atoms with Crippen LogP contribution >= 0.6 is 0 Å². The van der Waals surface area contributed by atoms with Gasteiger partial charge < -0.3 is 10.6 Å². The number of carbonyl (C=O) groups excluding carboxylic acids is 3. The van der Waals surface area contributed by atoms with Crippen molar-refractivity contribution in [2.75, 3.05) is 12.3 Å². The molecular formula is C14H16FN3O3. The second kappa shape index (κ2) is 5.51. The summed E-state index contributed by atoms with van der Waals surface area (Å²) >= 11 is 0. The fourth-order valence-electron chi connectivity index (χ4n) is 2.28. The number of carbonyl (C=O) groups is 3. The minimum Gasteiger partial charge on any atom is -0.398 e. The third kappa shape index (κ3) is 2.72. The fourth-order valence-corrected chi connectivity index (χ4v) is 2.28. The largest absolute Gasteiger partial charge is 0.398 e. The van der Waals surface area contributed by atoms with E-state index in [2.05, 4.69) is 5.32 Å². The van der Waals surface area contributed by atoms with E-state index in [0.717, 1.165) is 11.0 Å². The van der Waals surface area contributed by atoms with Crippen molar-refractivity contribution in [3.63, 3.8) is 0 Å². The molecule has 0 aliphatic carbocycles. The highest BCUT2D eigenvalue weighted by molar-refractivity contribution is 6.07. The van der Waals surface area contributed by atoms with Crippen molar-refractivity contribution in [1.82, 2.24) is 10.2 Å². The van der Waals surface area contributed by atoms with E-state index in [1.807, 2.05) is 0 Å². The molecule has 1 aliphatic rings. The van der Waals surface area contributed by atoms with Crippen LogP contribution in [0.25, 0.3) is 0 Å². The average molecular weight is 293 g/mol. The molecule has 1 saturated heterocycles. The molecule has 7 heteroatoms. The van der Waals surface area contributed by atoms with E-state index in [-0.39, 0.29) is 23.4 Å². The minimum absolute atomic E-state index is 0.0246. The molecule has 1 atom stereocenters. The van der Waals surface area contributed by atoms with Crippen LogP contribution in [-0.4, -0.2) is 35.2 Å². The molecule has 0 aromatic heterocycles. The highest BCUT2D eigenvalue weighted by atomic mass is 19.1. The first-order valence-electron chi connectivity index (χ1n) is 6.55. The Hall–Kier alpha value is -2.44. The topological polar surface area (TPSA) is 92.5 Å². The molecule has 0 spiro atoms. The molecule has 1 aliphatic heterocycles. The number of imide groups is 1. The molecule has 21 heavy (non-hydrogen) atoms. The molecule has 1 fully saturated rings. The van der Waals surface area contributed by atoms with Gasteiger partial charge in [-0.1, -0.05) is 6.92 Å². The number of hydrogen-bond donors (Lipinski definition) is 2. The van der Waals surface area contributed by atoms with Crippen LogP contribution in [0.5, 0.6) is 0 Å². The molecule has 1 aromatic rings. The van der Waals surface area contributed by atoms with E-state index in [0.29, 0.717) is 6.42 Å². The molecule has 1 heterocycles. The number of piperazine rings is 1. The number of halogens is 1. The standard InChI is InChI=1S/C14H16FN3O3/c1-3-11-13(20)17-12(19)6-18(11)14(21)8-4-9(15)7(2)10(16)5-8/h4-5,11H,3,6,16H2,1-2H3,(H,17,19,20). The van der Waals surface area contributed by atoms with Gasteiger partial charge >= 0.3 is 0 Å². The van der Waals surface area contributed by atoms with Crippen LogP contribution < -0.4 is 11.1 Å². The molecule has 0 bridgehead atoms. The zero-order valence-electron chi connectivity index (χ0n) is 11.8. The third-order valence-corrected chi connectivity index (χ3v) is 3.53. The lowest BCUT2D eigenvalue weighted by atomic mass is 10.0. The van der Waals surface area contributed by atoms with E-state index >= 15 is 0 Å². The van der Waals surface area contributed by atoms with Crippen LogP contribution in [0.4, 0.5) is 10.1 Å². The van der Waals surface area contributed by atoms with Gasteiger partial charge in [0.15, 0.2) is 0 Å². The summed E-state index contributed by atoms with van der Waals surface area (Å²) in [5.41, 5.74) is 6.09. The molecule has 0 saturated carbocycles. The summed E-state index contributed by atoms with van der Waals surface area (Å²) in [4.78, 5) is 36.8. The summed E-state index contributed by atoms with van der Waals surface area (Å²) in [6, 6.07) is 1.67. The Morgan fingerprint density at radius 3 is 2.71 bits per heavy atom. The quantitative estimate of drug-likeness (QED) is 0.616. The Morgan fingerprint density at radius 2 is 2.14 bits per heavy atom. The Balaban J connectivity index is 2.38. The SMILES string of the molecule is CCC1C(=O)NC(=O)CN1C(=O)c1cc(N)c(C)c(F)c1. The summed E-state index contributed by atoms with van der Waals surface area (Å²) in [5.74, 6) is -2.27. The van der Waals surface area contributed by atoms with Gasteiger partial charge in [0.25, 0.3) is 5.91 Å². The number of nitrogens with two attached hydrogens (primary N) is 1. The minimum atomic E-state index is -0.749. The van der Waals surface area contributed by atoms with Crippen LogP contribution in [0.1, 0.15) is 29.3 Å². The van der Waals surface area contributed by atoms with Gasteiger partial charge in [-0.2, -0.15) is 0 Å². The zero-order chi connectivity index (χ0) is 15.7. The first-order chi connectivity index (χ1) is 9.85. The lowest BCUT2D eigenvalue weighted by Gasteiger charge is -2.33. The van der Waals surface area contributed by atoms with Crippen molar-refractivity contribution < 1.29 is 18.8 Å². The lowest BCUT2D eigenvalue weighted by molar-refractivity contribution is -0.138. The van der Waals surface area contributed by atoms with Crippen LogP contribution in [0.3, 0.4) is 0 Å². The van der Waals surface area contributed by atoms with Crippen LogP contribution in [0.15, 0.2) is 12.1 Å². The average Bonchev–Trinajstić information content (AvgIpc) is 2.42. The number of hydrogen-bond acceptors (Lipinski definition) is 4. The number of nitrogen functional groups attached to an aromatic ring is 1. The van der Waals surface area contributed by atoms with Gasteiger partial charge in [0.05, 0.1) is 0 Å². The van der Waals surface area contributed by atoms with E-state index in [9.17, 15) is 18.8 Å². The van der Waals surface area contributed by atoms with Crippen molar-refractivity contribution in [2.24, 2.45) is 0 Å². The Bertz CT molecular complexity index is 607. The zero-order valence-corrected chi connectivity index (χ0v) is 11.8. The Kier molecular flexibility index (Phi) is 3.93. The van der Waals surface area contributed by atoms with Crippen molar-refractivity contribution in [3.05, 3.63) is 29.1 Å². The summed E-state index contributed by atoms with van der Waals surface area (Å²) in [6.45, 7) is 2.99. The van der Waals surface area contributed by atoms with Crippen LogP contribution in [0, 0.1) is 12.7 Å². The van der Waals surface area contributed by atoms with Gasteiger partial charge in [-0.3, -0.25) is 19.7 Å². The monoisotopic (exact) mass is 293 g/mol. The van der Waals surface area contributed by atoms with Crippen molar-refractivity contribution >= 4 is 23.4 Å². The van der Waals surface area contributed by atoms with Gasteiger partial charge in [-0.15, -0.1) is 0 Å². The number of anilines is 1. The van der Waals surface area contributed by atoms with Crippen molar-refractivity contribution in [3.8, 4) is 0 Å². The van der Waals surface area contributed by atoms with Gasteiger partial charge in [-0.05, 0) is 25.5 Å². The first kappa shape index (κ1) is 15.0. The molecular weight excluding hydrogens is 277 g/mol. The van der Waals surface area contributed by atoms with E-state index in [1.54, 1.807) is 6.92 Å². The molecule has 3 amide bonds. The third-order valence-electron chi connectivity index (χ3n) is 3.53. The lowest BCUT2D eigenvalue weighted by Crippen LogP contribution is -2.59. The number of rotatable bonds is 2. The second-order valence-corrected chi connectivity index (χ2v) is 4.94. The normalized spacial score (nSPS) is 18.6. The summed E-state index contributed by atoms with van der Waals surface area (Å²) < 4.78 is 13.7. The first-order valence-corrected chi connectivity index (χ1v) is 6.55. The fraction of sp³-hybridized carbons (Fsp3) is 0.357. The molecule has 2 rings (SSSR count). The van der Waals surface area contributed by atoms with Gasteiger partial charge in [-0.25, -0.2) is 4.39 Å². The van der Waals surface area contributed by atoms with E-state index in [1.165, 1.54) is 13.0 Å². The predicted molar refractivity (Wildman–Crippen MR) is 73.8 cm³/mol.